The molecule has 0 aromatic heterocycles. The van der Waals surface area contributed by atoms with Gasteiger partial charge in [0.2, 0.25) is 11.5 Å². The topological polar surface area (TPSA) is 123 Å². The normalized spacial score (nSPS) is 23.8. The molecule has 3 aliphatic rings. The minimum atomic E-state index is -1.28. The van der Waals surface area contributed by atoms with E-state index in [0.29, 0.717) is 36.9 Å². The Bertz CT molecular complexity index is 947. The molecule has 1 aromatic rings. The van der Waals surface area contributed by atoms with E-state index in [1.165, 1.54) is 0 Å². The van der Waals surface area contributed by atoms with Gasteiger partial charge in [-0.05, 0) is 64.2 Å². The van der Waals surface area contributed by atoms with Gasteiger partial charge in [0.25, 0.3) is 5.91 Å². The molecule has 3 N–H and O–H groups in total. The maximum absolute atomic E-state index is 12.9. The van der Waals surface area contributed by atoms with Gasteiger partial charge in [0.15, 0.2) is 0 Å². The Labute approximate surface area is 173 Å². The number of alkyl carbamates (subject to hydrolysis) is 2. The third-order valence-electron chi connectivity index (χ3n) is 5.78. The van der Waals surface area contributed by atoms with Crippen LogP contribution in [-0.4, -0.2) is 35.1 Å². The molecule has 0 bridgehead atoms. The summed E-state index contributed by atoms with van der Waals surface area (Å²) in [5.41, 5.74) is -0.907. The molecule has 0 unspecified atom stereocenters. The van der Waals surface area contributed by atoms with Crippen LogP contribution in [-0.2, 0) is 31.1 Å². The Balaban J connectivity index is 1.48. The van der Waals surface area contributed by atoms with E-state index >= 15 is 0 Å². The molecule has 2 aliphatic carbocycles. The standard InChI is InChI=1S/C21H25N3O6/c1-19(2,3)29-18(28)24-20(8-4-9-20)15(25)22-13-5-6-14-12(11-13)7-10-21(14)16(26)23-17(27)30-21/h5-6,11H,4,7-10H2,1-3H3,(H,22,25)(H,24,28)(H,23,26,27)/t21-/m0/s1. The van der Waals surface area contributed by atoms with Crippen LogP contribution < -0.4 is 16.0 Å². The summed E-state index contributed by atoms with van der Waals surface area (Å²) in [5, 5.41) is 7.77. The Morgan fingerprint density at radius 1 is 1.17 bits per heavy atom. The van der Waals surface area contributed by atoms with Crippen molar-refractivity contribution in [3.8, 4) is 0 Å². The van der Waals surface area contributed by atoms with Gasteiger partial charge < -0.3 is 20.1 Å². The number of carbonyl (C=O) groups is 4. The van der Waals surface area contributed by atoms with Crippen LogP contribution >= 0.6 is 0 Å². The summed E-state index contributed by atoms with van der Waals surface area (Å²) in [6, 6.07) is 5.15. The smallest absolute Gasteiger partial charge is 0.415 e. The number of carbonyl (C=O) groups excluding carboxylic acids is 4. The van der Waals surface area contributed by atoms with Crippen LogP contribution in [0.3, 0.4) is 0 Å². The van der Waals surface area contributed by atoms with Gasteiger partial charge in [-0.1, -0.05) is 6.07 Å². The molecular weight excluding hydrogens is 390 g/mol. The van der Waals surface area contributed by atoms with Crippen molar-refractivity contribution in [2.45, 2.75) is 69.6 Å². The molecule has 0 radical (unpaired) electrons. The third kappa shape index (κ3) is 3.38. The maximum Gasteiger partial charge on any atom is 0.415 e. The molecule has 2 fully saturated rings. The number of amides is 4. The largest absolute Gasteiger partial charge is 0.444 e. The molecular formula is C21H25N3O6. The van der Waals surface area contributed by atoms with Gasteiger partial charge in [0.1, 0.15) is 11.1 Å². The Kier molecular flexibility index (Phi) is 4.52. The van der Waals surface area contributed by atoms with Crippen molar-refractivity contribution >= 4 is 29.7 Å². The van der Waals surface area contributed by atoms with Crippen molar-refractivity contribution < 1.29 is 28.7 Å². The molecule has 1 spiro atoms. The lowest BCUT2D eigenvalue weighted by atomic mass is 9.76. The van der Waals surface area contributed by atoms with Gasteiger partial charge >= 0.3 is 12.2 Å². The Hall–Kier alpha value is -3.10. The summed E-state index contributed by atoms with van der Waals surface area (Å²) in [5.74, 6) is -0.768. The number of fused-ring (bicyclic) bond motifs is 2. The fourth-order valence-corrected chi connectivity index (χ4v) is 4.17. The number of benzene rings is 1. The number of hydrogen-bond acceptors (Lipinski definition) is 6. The van der Waals surface area contributed by atoms with Crippen molar-refractivity contribution in [3.63, 3.8) is 0 Å². The zero-order chi connectivity index (χ0) is 21.7. The highest BCUT2D eigenvalue weighted by molar-refractivity contribution is 6.04. The van der Waals surface area contributed by atoms with Crippen molar-refractivity contribution in [1.82, 2.24) is 10.6 Å². The summed E-state index contributed by atoms with van der Waals surface area (Å²) >= 11 is 0. The van der Waals surface area contributed by atoms with Crippen LogP contribution in [0.25, 0.3) is 0 Å². The quantitative estimate of drug-likeness (QED) is 0.697. The number of rotatable bonds is 3. The maximum atomic E-state index is 12.9. The molecule has 4 amide bonds. The van der Waals surface area contributed by atoms with Crippen molar-refractivity contribution in [2.24, 2.45) is 0 Å². The molecule has 1 aliphatic heterocycles. The number of imide groups is 1. The minimum absolute atomic E-state index is 0.308. The first-order valence-electron chi connectivity index (χ1n) is 10.0. The molecule has 9 heteroatoms. The number of anilines is 1. The average Bonchev–Trinajstić information content (AvgIpc) is 3.09. The lowest BCUT2D eigenvalue weighted by Gasteiger charge is -2.40. The lowest BCUT2D eigenvalue weighted by Crippen LogP contribution is -2.61. The summed E-state index contributed by atoms with van der Waals surface area (Å²) < 4.78 is 10.6. The number of hydrogen-bond donors (Lipinski definition) is 3. The van der Waals surface area contributed by atoms with Crippen molar-refractivity contribution in [2.75, 3.05) is 5.32 Å². The fourth-order valence-electron chi connectivity index (χ4n) is 4.17. The Morgan fingerprint density at radius 2 is 1.90 bits per heavy atom. The van der Waals surface area contributed by atoms with Crippen LogP contribution in [0.1, 0.15) is 57.6 Å². The van der Waals surface area contributed by atoms with E-state index < -0.39 is 34.8 Å². The second kappa shape index (κ2) is 6.72. The van der Waals surface area contributed by atoms with Crippen molar-refractivity contribution in [3.05, 3.63) is 29.3 Å². The first-order valence-corrected chi connectivity index (χ1v) is 10.0. The molecule has 160 valence electrons. The summed E-state index contributed by atoms with van der Waals surface area (Å²) in [6.45, 7) is 5.29. The van der Waals surface area contributed by atoms with E-state index in [9.17, 15) is 19.2 Å². The van der Waals surface area contributed by atoms with E-state index in [1.807, 2.05) is 0 Å². The number of nitrogens with one attached hydrogen (secondary N) is 3. The second-order valence-electron chi connectivity index (χ2n) is 9.06. The van der Waals surface area contributed by atoms with E-state index in [4.69, 9.17) is 9.47 Å². The number of aryl methyl sites for hydroxylation is 1. The molecule has 9 nitrogen and oxygen atoms in total. The predicted octanol–water partition coefficient (Wildman–Crippen LogP) is 2.48. The summed E-state index contributed by atoms with van der Waals surface area (Å²) in [4.78, 5) is 48.9. The molecule has 1 aromatic carbocycles. The van der Waals surface area contributed by atoms with Crippen LogP contribution in [0.5, 0.6) is 0 Å². The average molecular weight is 415 g/mol. The van der Waals surface area contributed by atoms with Gasteiger partial charge in [-0.15, -0.1) is 0 Å². The summed E-state index contributed by atoms with van der Waals surface area (Å²) in [6.07, 6.45) is 1.43. The SMILES string of the molecule is CC(C)(C)OC(=O)NC1(C(=O)Nc2ccc3c(c2)CC[C@]32OC(=O)NC2=O)CCC1. The van der Waals surface area contributed by atoms with Gasteiger partial charge in [-0.25, -0.2) is 9.59 Å². The zero-order valence-corrected chi connectivity index (χ0v) is 17.2. The Morgan fingerprint density at radius 3 is 2.47 bits per heavy atom. The lowest BCUT2D eigenvalue weighted by molar-refractivity contribution is -0.132. The molecule has 1 atom stereocenters. The first-order chi connectivity index (χ1) is 14.0. The van der Waals surface area contributed by atoms with E-state index in [0.717, 1.165) is 12.0 Å². The molecule has 1 saturated carbocycles. The highest BCUT2D eigenvalue weighted by Gasteiger charge is 2.54. The monoisotopic (exact) mass is 415 g/mol. The molecule has 30 heavy (non-hydrogen) atoms. The molecule has 1 heterocycles. The van der Waals surface area contributed by atoms with Gasteiger partial charge in [0, 0.05) is 17.7 Å². The van der Waals surface area contributed by atoms with E-state index in [1.54, 1.807) is 39.0 Å². The van der Waals surface area contributed by atoms with Gasteiger partial charge in [-0.2, -0.15) is 0 Å². The highest BCUT2D eigenvalue weighted by Crippen LogP contribution is 2.43. The first kappa shape index (κ1) is 20.2. The van der Waals surface area contributed by atoms with Gasteiger partial charge in [0.05, 0.1) is 0 Å². The van der Waals surface area contributed by atoms with Crippen LogP contribution in [0, 0.1) is 0 Å². The fraction of sp³-hybridized carbons (Fsp3) is 0.524. The molecule has 1 saturated heterocycles. The van der Waals surface area contributed by atoms with E-state index in [-0.39, 0.29) is 5.91 Å². The highest BCUT2D eigenvalue weighted by atomic mass is 16.6. The minimum Gasteiger partial charge on any atom is -0.444 e. The van der Waals surface area contributed by atoms with Crippen LogP contribution in [0.2, 0.25) is 0 Å². The van der Waals surface area contributed by atoms with Crippen LogP contribution in [0.4, 0.5) is 15.3 Å². The van der Waals surface area contributed by atoms with Gasteiger partial charge in [-0.3, -0.25) is 14.9 Å². The zero-order valence-electron chi connectivity index (χ0n) is 17.2. The second-order valence-corrected chi connectivity index (χ2v) is 9.06. The van der Waals surface area contributed by atoms with Crippen molar-refractivity contribution in [1.29, 1.82) is 0 Å². The van der Waals surface area contributed by atoms with Crippen LogP contribution in [0.15, 0.2) is 18.2 Å². The third-order valence-corrected chi connectivity index (χ3v) is 5.78. The number of ether oxygens (including phenoxy) is 2. The van der Waals surface area contributed by atoms with E-state index in [2.05, 4.69) is 16.0 Å². The summed E-state index contributed by atoms with van der Waals surface area (Å²) in [7, 11) is 0. The molecule has 4 rings (SSSR count). The predicted molar refractivity (Wildman–Crippen MR) is 106 cm³/mol.